The molecule has 2 rings (SSSR count). The topological polar surface area (TPSA) is 63.4 Å². The number of aliphatic hydroxyl groups is 1. The first-order valence-corrected chi connectivity index (χ1v) is 8.46. The first-order valence-electron chi connectivity index (χ1n) is 7.48. The van der Waals surface area contributed by atoms with Crippen molar-refractivity contribution in [3.05, 3.63) is 0 Å². The van der Waals surface area contributed by atoms with E-state index < -0.39 is 5.60 Å². The van der Waals surface area contributed by atoms with E-state index in [1.807, 2.05) is 13.8 Å². The maximum Gasteiger partial charge on any atom is 0.228 e. The second-order valence-corrected chi connectivity index (χ2v) is 7.43. The molecule has 1 aliphatic heterocycles. The minimum absolute atomic E-state index is 0.516. The number of nitrogens with zero attached hydrogens (tertiary/aromatic N) is 4. The number of anilines is 1. The Hall–Kier alpha value is -0.790. The molecular formula is C14H26N4O2S. The van der Waals surface area contributed by atoms with Crippen molar-refractivity contribution in [1.29, 1.82) is 0 Å². The van der Waals surface area contributed by atoms with E-state index in [0.29, 0.717) is 11.7 Å². The van der Waals surface area contributed by atoms with Crippen LogP contribution < -0.4 is 4.90 Å². The summed E-state index contributed by atoms with van der Waals surface area (Å²) >= 11 is 1.56. The summed E-state index contributed by atoms with van der Waals surface area (Å²) in [6.45, 7) is 12.1. The van der Waals surface area contributed by atoms with Crippen molar-refractivity contribution < 1.29 is 9.84 Å². The van der Waals surface area contributed by atoms with Gasteiger partial charge in [-0.2, -0.15) is 0 Å². The lowest BCUT2D eigenvalue weighted by atomic mass is 10.2. The van der Waals surface area contributed by atoms with E-state index in [-0.39, 0.29) is 0 Å². The van der Waals surface area contributed by atoms with Gasteiger partial charge in [-0.05, 0) is 19.8 Å². The van der Waals surface area contributed by atoms with Gasteiger partial charge in [0.25, 0.3) is 0 Å². The Morgan fingerprint density at radius 2 is 1.95 bits per heavy atom. The van der Waals surface area contributed by atoms with E-state index in [9.17, 15) is 5.11 Å². The molecule has 0 unspecified atom stereocenters. The molecule has 1 aromatic rings. The molecule has 0 radical (unpaired) electrons. The molecule has 0 amide bonds. The van der Waals surface area contributed by atoms with Crippen LogP contribution in [0.3, 0.4) is 0 Å². The summed E-state index contributed by atoms with van der Waals surface area (Å²) in [6, 6.07) is 0. The lowest BCUT2D eigenvalue weighted by molar-refractivity contribution is 0.107. The molecule has 1 fully saturated rings. The maximum atomic E-state index is 9.90. The Kier molecular flexibility index (Phi) is 5.51. The Morgan fingerprint density at radius 1 is 1.29 bits per heavy atom. The Morgan fingerprint density at radius 3 is 2.52 bits per heavy atom. The number of morpholine rings is 1. The predicted molar refractivity (Wildman–Crippen MR) is 84.9 cm³/mol. The molecular weight excluding hydrogens is 288 g/mol. The largest absolute Gasteiger partial charge is 0.390 e. The molecule has 0 atom stereocenters. The van der Waals surface area contributed by atoms with Crippen LogP contribution in [0.2, 0.25) is 0 Å². The van der Waals surface area contributed by atoms with Crippen molar-refractivity contribution in [3.8, 4) is 0 Å². The van der Waals surface area contributed by atoms with Crippen LogP contribution in [0, 0.1) is 5.92 Å². The zero-order valence-corrected chi connectivity index (χ0v) is 14.2. The summed E-state index contributed by atoms with van der Waals surface area (Å²) in [6.07, 6.45) is 0. The normalized spacial score (nSPS) is 16.8. The standard InChI is InChI=1S/C14H26N4O2S/c1-11(2)9-18-12(17-5-7-20-8-6-17)15-16-13(18)21-10-14(3,4)19/h11,19H,5-10H2,1-4H3. The second kappa shape index (κ2) is 6.98. The van der Waals surface area contributed by atoms with E-state index in [1.165, 1.54) is 0 Å². The van der Waals surface area contributed by atoms with Crippen molar-refractivity contribution in [2.24, 2.45) is 5.92 Å². The molecule has 2 heterocycles. The number of hydrogen-bond acceptors (Lipinski definition) is 6. The van der Waals surface area contributed by atoms with E-state index in [1.54, 1.807) is 11.8 Å². The molecule has 6 nitrogen and oxygen atoms in total. The van der Waals surface area contributed by atoms with Gasteiger partial charge >= 0.3 is 0 Å². The average molecular weight is 314 g/mol. The summed E-state index contributed by atoms with van der Waals surface area (Å²) in [4.78, 5) is 2.23. The number of ether oxygens (including phenoxy) is 1. The summed E-state index contributed by atoms with van der Waals surface area (Å²) in [5.74, 6) is 2.04. The predicted octanol–water partition coefficient (Wildman–Crippen LogP) is 1.63. The zero-order valence-electron chi connectivity index (χ0n) is 13.4. The Bertz CT molecular complexity index is 450. The van der Waals surface area contributed by atoms with E-state index >= 15 is 0 Å². The SMILES string of the molecule is CC(C)Cn1c(SCC(C)(C)O)nnc1N1CCOCC1. The summed E-state index contributed by atoms with van der Waals surface area (Å²) in [5.41, 5.74) is -0.710. The lowest BCUT2D eigenvalue weighted by Crippen LogP contribution is -2.38. The molecule has 0 aliphatic carbocycles. The molecule has 0 saturated carbocycles. The molecule has 0 spiro atoms. The van der Waals surface area contributed by atoms with Gasteiger partial charge in [0, 0.05) is 25.4 Å². The molecule has 1 aromatic heterocycles. The van der Waals surface area contributed by atoms with Gasteiger partial charge in [0.1, 0.15) is 0 Å². The molecule has 21 heavy (non-hydrogen) atoms. The number of rotatable bonds is 6. The molecule has 120 valence electrons. The van der Waals surface area contributed by atoms with Crippen LogP contribution in [0.25, 0.3) is 0 Å². The summed E-state index contributed by atoms with van der Waals surface area (Å²) in [5, 5.41) is 19.5. The summed E-state index contributed by atoms with van der Waals surface area (Å²) in [7, 11) is 0. The third-order valence-electron chi connectivity index (χ3n) is 3.09. The van der Waals surface area contributed by atoms with Crippen LogP contribution in [0.15, 0.2) is 5.16 Å². The Balaban J connectivity index is 2.17. The molecule has 1 N–H and O–H groups in total. The van der Waals surface area contributed by atoms with E-state index in [4.69, 9.17) is 4.74 Å². The van der Waals surface area contributed by atoms with Crippen molar-refractivity contribution in [1.82, 2.24) is 14.8 Å². The minimum atomic E-state index is -0.710. The van der Waals surface area contributed by atoms with Crippen LogP contribution in [0.4, 0.5) is 5.95 Å². The third kappa shape index (κ3) is 4.86. The molecule has 1 saturated heterocycles. The van der Waals surface area contributed by atoms with Crippen LogP contribution in [-0.4, -0.2) is 57.5 Å². The van der Waals surface area contributed by atoms with Crippen molar-refractivity contribution in [3.63, 3.8) is 0 Å². The van der Waals surface area contributed by atoms with Crippen LogP contribution in [0.5, 0.6) is 0 Å². The maximum absolute atomic E-state index is 9.90. The zero-order chi connectivity index (χ0) is 15.5. The van der Waals surface area contributed by atoms with Gasteiger partial charge in [-0.25, -0.2) is 0 Å². The minimum Gasteiger partial charge on any atom is -0.390 e. The van der Waals surface area contributed by atoms with E-state index in [2.05, 4.69) is 33.5 Å². The van der Waals surface area contributed by atoms with Crippen molar-refractivity contribution >= 4 is 17.7 Å². The molecule has 0 aromatic carbocycles. The van der Waals surface area contributed by atoms with Gasteiger partial charge < -0.3 is 14.7 Å². The average Bonchev–Trinajstić information content (AvgIpc) is 2.79. The number of hydrogen-bond donors (Lipinski definition) is 1. The van der Waals surface area contributed by atoms with Gasteiger partial charge in [-0.15, -0.1) is 10.2 Å². The third-order valence-corrected chi connectivity index (χ3v) is 4.50. The van der Waals surface area contributed by atoms with Crippen LogP contribution in [-0.2, 0) is 11.3 Å². The van der Waals surface area contributed by atoms with E-state index in [0.717, 1.165) is 44.0 Å². The molecule has 7 heteroatoms. The van der Waals surface area contributed by atoms with Gasteiger partial charge in [0.2, 0.25) is 5.95 Å². The number of aromatic nitrogens is 3. The second-order valence-electron chi connectivity index (χ2n) is 6.49. The first kappa shape index (κ1) is 16.6. The first-order chi connectivity index (χ1) is 9.87. The van der Waals surface area contributed by atoms with Gasteiger partial charge in [0.05, 0.1) is 18.8 Å². The van der Waals surface area contributed by atoms with Gasteiger partial charge in [-0.3, -0.25) is 4.57 Å². The molecule has 1 aliphatic rings. The Labute approximate surface area is 130 Å². The van der Waals surface area contributed by atoms with Gasteiger partial charge in [-0.1, -0.05) is 25.6 Å². The highest BCUT2D eigenvalue weighted by molar-refractivity contribution is 7.99. The highest BCUT2D eigenvalue weighted by Gasteiger charge is 2.22. The van der Waals surface area contributed by atoms with Crippen molar-refractivity contribution in [2.45, 2.75) is 45.0 Å². The lowest BCUT2D eigenvalue weighted by Gasteiger charge is -2.28. The highest BCUT2D eigenvalue weighted by atomic mass is 32.2. The quantitative estimate of drug-likeness (QED) is 0.805. The fraction of sp³-hybridized carbons (Fsp3) is 0.857. The van der Waals surface area contributed by atoms with Crippen LogP contribution in [0.1, 0.15) is 27.7 Å². The summed E-state index contributed by atoms with van der Waals surface area (Å²) < 4.78 is 7.58. The number of thioether (sulfide) groups is 1. The van der Waals surface area contributed by atoms with Gasteiger partial charge in [0.15, 0.2) is 5.16 Å². The van der Waals surface area contributed by atoms with Crippen molar-refractivity contribution in [2.75, 3.05) is 37.0 Å². The monoisotopic (exact) mass is 314 g/mol. The fourth-order valence-electron chi connectivity index (χ4n) is 2.15. The smallest absolute Gasteiger partial charge is 0.228 e. The van der Waals surface area contributed by atoms with Crippen LogP contribution >= 0.6 is 11.8 Å². The molecule has 0 bridgehead atoms. The highest BCUT2D eigenvalue weighted by Crippen LogP contribution is 2.26. The fourth-order valence-corrected chi connectivity index (χ4v) is 3.04.